The van der Waals surface area contributed by atoms with Gasteiger partial charge in [-0.1, -0.05) is 63.9 Å². The van der Waals surface area contributed by atoms with Gasteiger partial charge in [0.1, 0.15) is 0 Å². The molecule has 1 heterocycles. The zero-order chi connectivity index (χ0) is 16.4. The lowest BCUT2D eigenvalue weighted by molar-refractivity contribution is 1.06. The SMILES string of the molecule is CC.CC.CC#Cc1nc2ccccc2n1-c1ccccc1. The summed E-state index contributed by atoms with van der Waals surface area (Å²) in [6.07, 6.45) is 0. The first-order valence-electron chi connectivity index (χ1n) is 7.86. The van der Waals surface area contributed by atoms with Crippen LogP contribution in [0.15, 0.2) is 54.6 Å². The van der Waals surface area contributed by atoms with Crippen molar-refractivity contribution in [1.82, 2.24) is 9.55 Å². The zero-order valence-electron chi connectivity index (χ0n) is 14.1. The number of hydrogen-bond donors (Lipinski definition) is 0. The van der Waals surface area contributed by atoms with Crippen molar-refractivity contribution in [3.63, 3.8) is 0 Å². The summed E-state index contributed by atoms with van der Waals surface area (Å²) in [6, 6.07) is 18.3. The average Bonchev–Trinajstić information content (AvgIpc) is 2.97. The Labute approximate surface area is 133 Å². The highest BCUT2D eigenvalue weighted by Crippen LogP contribution is 2.20. The Kier molecular flexibility index (Phi) is 7.50. The molecular weight excluding hydrogens is 268 g/mol. The Hall–Kier alpha value is -2.53. The molecule has 0 N–H and O–H groups in total. The number of benzene rings is 2. The van der Waals surface area contributed by atoms with E-state index in [1.54, 1.807) is 0 Å². The molecule has 2 nitrogen and oxygen atoms in total. The van der Waals surface area contributed by atoms with E-state index in [9.17, 15) is 0 Å². The Morgan fingerprint density at radius 1 is 0.818 bits per heavy atom. The molecule has 2 aromatic carbocycles. The fourth-order valence-electron chi connectivity index (χ4n) is 2.06. The molecule has 0 bridgehead atoms. The molecule has 0 saturated carbocycles. The Bertz CT molecular complexity index is 743. The lowest BCUT2D eigenvalue weighted by Gasteiger charge is -2.05. The van der Waals surface area contributed by atoms with Crippen LogP contribution in [0.2, 0.25) is 0 Å². The lowest BCUT2D eigenvalue weighted by Crippen LogP contribution is -1.97. The number of para-hydroxylation sites is 3. The van der Waals surface area contributed by atoms with E-state index in [1.807, 2.05) is 71.0 Å². The van der Waals surface area contributed by atoms with Gasteiger partial charge in [-0.25, -0.2) is 4.98 Å². The first kappa shape index (κ1) is 17.5. The van der Waals surface area contributed by atoms with Crippen molar-refractivity contribution in [2.45, 2.75) is 34.6 Å². The molecule has 0 spiro atoms. The summed E-state index contributed by atoms with van der Waals surface area (Å²) in [6.45, 7) is 9.83. The van der Waals surface area contributed by atoms with Crippen LogP contribution in [0.5, 0.6) is 0 Å². The van der Waals surface area contributed by atoms with Crippen LogP contribution >= 0.6 is 0 Å². The third-order valence-corrected chi connectivity index (χ3v) is 2.81. The van der Waals surface area contributed by atoms with Crippen LogP contribution in [0.4, 0.5) is 0 Å². The van der Waals surface area contributed by atoms with E-state index in [-0.39, 0.29) is 0 Å². The van der Waals surface area contributed by atoms with Gasteiger partial charge in [-0.05, 0) is 37.1 Å². The molecule has 22 heavy (non-hydrogen) atoms. The van der Waals surface area contributed by atoms with Crippen LogP contribution in [0.1, 0.15) is 40.4 Å². The predicted octanol–water partition coefficient (Wildman–Crippen LogP) is 5.45. The molecule has 3 rings (SSSR count). The molecule has 0 fully saturated rings. The zero-order valence-corrected chi connectivity index (χ0v) is 14.1. The monoisotopic (exact) mass is 292 g/mol. The molecule has 0 radical (unpaired) electrons. The van der Waals surface area contributed by atoms with Gasteiger partial charge in [-0.3, -0.25) is 4.57 Å². The second-order valence-electron chi connectivity index (χ2n) is 3.97. The molecule has 0 saturated heterocycles. The van der Waals surface area contributed by atoms with Crippen molar-refractivity contribution in [3.8, 4) is 17.5 Å². The summed E-state index contributed by atoms with van der Waals surface area (Å²) in [5.41, 5.74) is 3.14. The summed E-state index contributed by atoms with van der Waals surface area (Å²) in [7, 11) is 0. The molecular formula is C20H24N2. The normalized spacial score (nSPS) is 8.77. The largest absolute Gasteiger partial charge is 0.286 e. The van der Waals surface area contributed by atoms with E-state index in [0.717, 1.165) is 22.5 Å². The highest BCUT2D eigenvalue weighted by molar-refractivity contribution is 5.79. The average molecular weight is 292 g/mol. The van der Waals surface area contributed by atoms with Gasteiger partial charge in [0.05, 0.1) is 11.0 Å². The Balaban J connectivity index is 0.000000561. The first-order valence-corrected chi connectivity index (χ1v) is 7.86. The van der Waals surface area contributed by atoms with Gasteiger partial charge < -0.3 is 0 Å². The number of aromatic nitrogens is 2. The van der Waals surface area contributed by atoms with E-state index >= 15 is 0 Å². The molecule has 0 aliphatic carbocycles. The molecule has 1 aromatic heterocycles. The maximum atomic E-state index is 4.57. The van der Waals surface area contributed by atoms with Crippen molar-refractivity contribution in [2.75, 3.05) is 0 Å². The summed E-state index contributed by atoms with van der Waals surface area (Å²) in [5, 5.41) is 0. The van der Waals surface area contributed by atoms with E-state index in [2.05, 4.69) is 39.6 Å². The van der Waals surface area contributed by atoms with Crippen LogP contribution in [0, 0.1) is 11.8 Å². The van der Waals surface area contributed by atoms with Crippen molar-refractivity contribution in [1.29, 1.82) is 0 Å². The highest BCUT2D eigenvalue weighted by atomic mass is 15.1. The second-order valence-corrected chi connectivity index (χ2v) is 3.97. The van der Waals surface area contributed by atoms with Crippen molar-refractivity contribution in [3.05, 3.63) is 60.4 Å². The first-order chi connectivity index (χ1) is 10.9. The van der Waals surface area contributed by atoms with Gasteiger partial charge in [0.25, 0.3) is 0 Å². The molecule has 0 atom stereocenters. The van der Waals surface area contributed by atoms with Gasteiger partial charge in [-0.2, -0.15) is 0 Å². The topological polar surface area (TPSA) is 17.8 Å². The minimum Gasteiger partial charge on any atom is -0.286 e. The summed E-state index contributed by atoms with van der Waals surface area (Å²) < 4.78 is 2.09. The second kappa shape index (κ2) is 9.41. The third kappa shape index (κ3) is 3.77. The Morgan fingerprint density at radius 3 is 2.05 bits per heavy atom. The molecule has 0 aliphatic heterocycles. The van der Waals surface area contributed by atoms with Gasteiger partial charge >= 0.3 is 0 Å². The fraction of sp³-hybridized carbons (Fsp3) is 0.250. The van der Waals surface area contributed by atoms with Crippen LogP contribution < -0.4 is 0 Å². The van der Waals surface area contributed by atoms with Crippen molar-refractivity contribution >= 4 is 11.0 Å². The predicted molar refractivity (Wildman–Crippen MR) is 96.3 cm³/mol. The molecule has 2 heteroatoms. The van der Waals surface area contributed by atoms with E-state index in [1.165, 1.54) is 0 Å². The number of nitrogens with zero attached hydrogens (tertiary/aromatic N) is 2. The maximum absolute atomic E-state index is 4.57. The quantitative estimate of drug-likeness (QED) is 0.545. The van der Waals surface area contributed by atoms with Gasteiger partial charge in [0.15, 0.2) is 5.82 Å². The third-order valence-electron chi connectivity index (χ3n) is 2.81. The summed E-state index contributed by atoms with van der Waals surface area (Å²) in [5.74, 6) is 6.77. The highest BCUT2D eigenvalue weighted by Gasteiger charge is 2.09. The van der Waals surface area contributed by atoms with Crippen LogP contribution in [-0.4, -0.2) is 9.55 Å². The number of imidazole rings is 1. The van der Waals surface area contributed by atoms with Crippen molar-refractivity contribution in [2.24, 2.45) is 0 Å². The van der Waals surface area contributed by atoms with Gasteiger partial charge in [-0.15, -0.1) is 0 Å². The summed E-state index contributed by atoms with van der Waals surface area (Å²) in [4.78, 5) is 4.57. The van der Waals surface area contributed by atoms with Gasteiger partial charge in [0, 0.05) is 5.69 Å². The molecule has 0 unspecified atom stereocenters. The molecule has 0 aliphatic rings. The van der Waals surface area contributed by atoms with Crippen LogP contribution in [0.3, 0.4) is 0 Å². The molecule has 3 aromatic rings. The standard InChI is InChI=1S/C16H12N2.2C2H6/c1-2-8-16-17-14-11-6-7-12-15(14)18(16)13-9-4-3-5-10-13;2*1-2/h3-7,9-12H,1H3;2*1-2H3. The molecule has 0 amide bonds. The van der Waals surface area contributed by atoms with Crippen LogP contribution in [0.25, 0.3) is 16.7 Å². The van der Waals surface area contributed by atoms with Crippen LogP contribution in [-0.2, 0) is 0 Å². The summed E-state index contributed by atoms with van der Waals surface area (Å²) >= 11 is 0. The maximum Gasteiger partial charge on any atom is 0.191 e. The number of fused-ring (bicyclic) bond motifs is 1. The fourth-order valence-corrected chi connectivity index (χ4v) is 2.06. The minimum atomic E-state index is 0.782. The minimum absolute atomic E-state index is 0.782. The van der Waals surface area contributed by atoms with Crippen molar-refractivity contribution < 1.29 is 0 Å². The smallest absolute Gasteiger partial charge is 0.191 e. The lowest BCUT2D eigenvalue weighted by atomic mass is 10.3. The Morgan fingerprint density at radius 2 is 1.41 bits per heavy atom. The van der Waals surface area contributed by atoms with E-state index in [4.69, 9.17) is 0 Å². The molecule has 114 valence electrons. The number of rotatable bonds is 1. The van der Waals surface area contributed by atoms with Gasteiger partial charge in [0.2, 0.25) is 0 Å². The van der Waals surface area contributed by atoms with E-state index in [0.29, 0.717) is 0 Å². The number of hydrogen-bond acceptors (Lipinski definition) is 1. The van der Waals surface area contributed by atoms with E-state index < -0.39 is 0 Å².